The lowest BCUT2D eigenvalue weighted by molar-refractivity contribution is 0.630. The van der Waals surface area contributed by atoms with E-state index in [1.807, 2.05) is 42.6 Å². The van der Waals surface area contributed by atoms with Crippen LogP contribution in [0.1, 0.15) is 5.56 Å². The first kappa shape index (κ1) is 18.4. The van der Waals surface area contributed by atoms with Crippen LogP contribution in [-0.2, 0) is 6.42 Å². The van der Waals surface area contributed by atoms with E-state index in [2.05, 4.69) is 41.3 Å². The Kier molecular flexibility index (Phi) is 5.82. The Morgan fingerprint density at radius 3 is 2.64 bits per heavy atom. The third kappa shape index (κ3) is 4.67. The molecule has 1 aromatic carbocycles. The molecule has 1 saturated heterocycles. The van der Waals surface area contributed by atoms with E-state index in [-0.39, 0.29) is 0 Å². The molecular formula is C20H22ClN7. The first-order valence-corrected chi connectivity index (χ1v) is 9.75. The van der Waals surface area contributed by atoms with E-state index in [9.17, 15) is 0 Å². The van der Waals surface area contributed by atoms with E-state index in [1.165, 1.54) is 5.56 Å². The van der Waals surface area contributed by atoms with E-state index >= 15 is 0 Å². The van der Waals surface area contributed by atoms with Crippen molar-refractivity contribution in [3.63, 3.8) is 0 Å². The summed E-state index contributed by atoms with van der Waals surface area (Å²) in [4.78, 5) is 13.5. The summed E-state index contributed by atoms with van der Waals surface area (Å²) in [7, 11) is 0. The van der Waals surface area contributed by atoms with E-state index in [0.717, 1.165) is 55.8 Å². The second-order valence-corrected chi connectivity index (χ2v) is 7.05. The first-order chi connectivity index (χ1) is 13.8. The van der Waals surface area contributed by atoms with Gasteiger partial charge in [0.2, 0.25) is 5.95 Å². The SMILES string of the molecule is Clc1cccc(CCNc2cnnc(N3CCN(c4ccccn4)CC3)n2)c1. The van der Waals surface area contributed by atoms with Crippen molar-refractivity contribution < 1.29 is 0 Å². The van der Waals surface area contributed by atoms with E-state index < -0.39 is 0 Å². The lowest BCUT2D eigenvalue weighted by atomic mass is 10.1. The molecule has 8 heteroatoms. The molecule has 0 radical (unpaired) electrons. The molecule has 3 heterocycles. The molecule has 0 aliphatic carbocycles. The fourth-order valence-corrected chi connectivity index (χ4v) is 3.43. The summed E-state index contributed by atoms with van der Waals surface area (Å²) in [6.45, 7) is 4.19. The van der Waals surface area contributed by atoms with Crippen molar-refractivity contribution >= 4 is 29.2 Å². The molecule has 0 unspecified atom stereocenters. The van der Waals surface area contributed by atoms with Gasteiger partial charge in [0.15, 0.2) is 5.82 Å². The van der Waals surface area contributed by atoms with Crippen LogP contribution in [0.25, 0.3) is 0 Å². The Bertz CT molecular complexity index is 898. The number of halogens is 1. The highest BCUT2D eigenvalue weighted by Crippen LogP contribution is 2.16. The maximum absolute atomic E-state index is 6.03. The van der Waals surface area contributed by atoms with Crippen molar-refractivity contribution in [2.45, 2.75) is 6.42 Å². The van der Waals surface area contributed by atoms with Gasteiger partial charge in [-0.25, -0.2) is 4.98 Å². The summed E-state index contributed by atoms with van der Waals surface area (Å²) in [5.41, 5.74) is 1.19. The topological polar surface area (TPSA) is 70.1 Å². The summed E-state index contributed by atoms with van der Waals surface area (Å²) < 4.78 is 0. The number of nitrogens with one attached hydrogen (secondary N) is 1. The molecule has 7 nitrogen and oxygen atoms in total. The third-order valence-electron chi connectivity index (χ3n) is 4.69. The molecule has 144 valence electrons. The molecule has 0 spiro atoms. The predicted octanol–water partition coefficient (Wildman–Crippen LogP) is 2.90. The number of piperazine rings is 1. The number of nitrogens with zero attached hydrogens (tertiary/aromatic N) is 6. The molecule has 1 N–H and O–H groups in total. The summed E-state index contributed by atoms with van der Waals surface area (Å²) in [5, 5.41) is 12.4. The fraction of sp³-hybridized carbons (Fsp3) is 0.300. The van der Waals surface area contributed by atoms with Gasteiger partial charge < -0.3 is 15.1 Å². The normalized spacial score (nSPS) is 14.2. The molecule has 0 amide bonds. The number of hydrogen-bond donors (Lipinski definition) is 1. The molecule has 28 heavy (non-hydrogen) atoms. The highest BCUT2D eigenvalue weighted by atomic mass is 35.5. The average Bonchev–Trinajstić information content (AvgIpc) is 2.75. The van der Waals surface area contributed by atoms with Crippen molar-refractivity contribution in [3.8, 4) is 0 Å². The van der Waals surface area contributed by atoms with Gasteiger partial charge in [0, 0.05) is 43.9 Å². The fourth-order valence-electron chi connectivity index (χ4n) is 3.22. The number of pyridine rings is 1. The van der Waals surface area contributed by atoms with Gasteiger partial charge in [-0.1, -0.05) is 29.8 Å². The third-order valence-corrected chi connectivity index (χ3v) is 4.93. The largest absolute Gasteiger partial charge is 0.368 e. The smallest absolute Gasteiger partial charge is 0.247 e. The lowest BCUT2D eigenvalue weighted by Gasteiger charge is -2.35. The molecule has 3 aromatic rings. The number of rotatable bonds is 6. The zero-order valence-electron chi connectivity index (χ0n) is 15.5. The maximum atomic E-state index is 6.03. The van der Waals surface area contributed by atoms with Crippen molar-refractivity contribution in [1.29, 1.82) is 0 Å². The van der Waals surface area contributed by atoms with Crippen LogP contribution in [0.15, 0.2) is 54.9 Å². The lowest BCUT2D eigenvalue weighted by Crippen LogP contribution is -2.47. The molecule has 1 fully saturated rings. The van der Waals surface area contributed by atoms with E-state index in [4.69, 9.17) is 11.6 Å². The maximum Gasteiger partial charge on any atom is 0.247 e. The van der Waals surface area contributed by atoms with E-state index in [0.29, 0.717) is 5.95 Å². The van der Waals surface area contributed by atoms with Crippen molar-refractivity contribution in [3.05, 3.63) is 65.4 Å². The van der Waals surface area contributed by atoms with Crippen molar-refractivity contribution in [2.24, 2.45) is 0 Å². The highest BCUT2D eigenvalue weighted by molar-refractivity contribution is 6.30. The molecule has 4 rings (SSSR count). The van der Waals surface area contributed by atoms with Crippen LogP contribution < -0.4 is 15.1 Å². The van der Waals surface area contributed by atoms with Crippen LogP contribution in [0.5, 0.6) is 0 Å². The molecular weight excluding hydrogens is 374 g/mol. The minimum absolute atomic E-state index is 0.661. The molecule has 2 aromatic heterocycles. The van der Waals surface area contributed by atoms with Crippen LogP contribution in [0.3, 0.4) is 0 Å². The van der Waals surface area contributed by atoms with Crippen LogP contribution in [0.2, 0.25) is 5.02 Å². The number of aromatic nitrogens is 4. The second-order valence-electron chi connectivity index (χ2n) is 6.61. The van der Waals surface area contributed by atoms with Crippen molar-refractivity contribution in [1.82, 2.24) is 20.2 Å². The molecule has 0 bridgehead atoms. The zero-order valence-corrected chi connectivity index (χ0v) is 16.3. The Hall–Kier alpha value is -2.93. The number of benzene rings is 1. The number of hydrogen-bond acceptors (Lipinski definition) is 7. The minimum atomic E-state index is 0.661. The Balaban J connectivity index is 1.31. The van der Waals surface area contributed by atoms with Crippen LogP contribution in [-0.4, -0.2) is 52.9 Å². The minimum Gasteiger partial charge on any atom is -0.368 e. The highest BCUT2D eigenvalue weighted by Gasteiger charge is 2.20. The van der Waals surface area contributed by atoms with Gasteiger partial charge in [-0.05, 0) is 36.2 Å². The average molecular weight is 396 g/mol. The Labute approximate surface area is 169 Å². The summed E-state index contributed by atoms with van der Waals surface area (Å²) in [6.07, 6.45) is 4.35. The summed E-state index contributed by atoms with van der Waals surface area (Å²) in [6, 6.07) is 13.9. The summed E-state index contributed by atoms with van der Waals surface area (Å²) in [5.74, 6) is 2.41. The molecule has 1 aliphatic heterocycles. The van der Waals surface area contributed by atoms with E-state index in [1.54, 1.807) is 6.20 Å². The Morgan fingerprint density at radius 1 is 1.00 bits per heavy atom. The van der Waals surface area contributed by atoms with Gasteiger partial charge >= 0.3 is 0 Å². The zero-order chi connectivity index (χ0) is 19.2. The first-order valence-electron chi connectivity index (χ1n) is 9.37. The van der Waals surface area contributed by atoms with Gasteiger partial charge in [-0.2, -0.15) is 10.1 Å². The van der Waals surface area contributed by atoms with Gasteiger partial charge in [0.25, 0.3) is 0 Å². The van der Waals surface area contributed by atoms with Crippen molar-refractivity contribution in [2.75, 3.05) is 47.8 Å². The molecule has 0 atom stereocenters. The summed E-state index contributed by atoms with van der Waals surface area (Å²) >= 11 is 6.03. The van der Waals surface area contributed by atoms with Crippen LogP contribution in [0, 0.1) is 0 Å². The molecule has 1 aliphatic rings. The van der Waals surface area contributed by atoms with Crippen LogP contribution >= 0.6 is 11.6 Å². The van der Waals surface area contributed by atoms with Gasteiger partial charge in [0.1, 0.15) is 5.82 Å². The van der Waals surface area contributed by atoms with Gasteiger partial charge in [-0.3, -0.25) is 0 Å². The monoisotopic (exact) mass is 395 g/mol. The van der Waals surface area contributed by atoms with Gasteiger partial charge in [0.05, 0.1) is 6.20 Å². The van der Waals surface area contributed by atoms with Gasteiger partial charge in [-0.15, -0.1) is 5.10 Å². The molecule has 0 saturated carbocycles. The Morgan fingerprint density at radius 2 is 1.86 bits per heavy atom. The van der Waals surface area contributed by atoms with Crippen LogP contribution in [0.4, 0.5) is 17.6 Å². The predicted molar refractivity (Wildman–Crippen MR) is 112 cm³/mol. The quantitative estimate of drug-likeness (QED) is 0.688. The number of anilines is 3. The standard InChI is InChI=1S/C20H22ClN7/c21-17-5-3-4-16(14-17)7-9-22-18-15-24-26-20(25-18)28-12-10-27(11-13-28)19-6-1-2-8-23-19/h1-6,8,14-15H,7,9-13H2,(H,22,25,26). The second kappa shape index (κ2) is 8.84.